The molecule has 0 fully saturated rings. The molecule has 0 amide bonds. The van der Waals surface area contributed by atoms with Gasteiger partial charge >= 0.3 is 18.3 Å². The van der Waals surface area contributed by atoms with Crippen molar-refractivity contribution in [3.8, 4) is 0 Å². The zero-order valence-corrected chi connectivity index (χ0v) is 18.4. The summed E-state index contributed by atoms with van der Waals surface area (Å²) in [5.74, 6) is -1.94. The molecule has 0 spiro atoms. The third-order valence-electron chi connectivity index (χ3n) is 4.49. The van der Waals surface area contributed by atoms with E-state index in [1.165, 1.54) is 13.0 Å². The van der Waals surface area contributed by atoms with E-state index in [9.17, 15) is 35.5 Å². The highest BCUT2D eigenvalue weighted by molar-refractivity contribution is 5.87. The molecule has 0 aliphatic rings. The van der Waals surface area contributed by atoms with Crippen LogP contribution in [-0.2, 0) is 33.2 Å². The molecule has 1 aromatic rings. The van der Waals surface area contributed by atoms with Gasteiger partial charge in [0.05, 0.1) is 24.3 Å². The first-order valence-electron chi connectivity index (χ1n) is 10.4. The zero-order valence-electron chi connectivity index (χ0n) is 18.4. The number of alkyl halides is 6. The maximum absolute atomic E-state index is 13.6. The lowest BCUT2D eigenvalue weighted by atomic mass is 10.1. The molecule has 0 heterocycles. The summed E-state index contributed by atoms with van der Waals surface area (Å²) in [6, 6.07) is 1.39. The van der Waals surface area contributed by atoms with E-state index in [2.05, 4.69) is 4.74 Å². The van der Waals surface area contributed by atoms with Crippen molar-refractivity contribution in [2.45, 2.75) is 64.9 Å². The number of carbonyl (C=O) groups is 1. The van der Waals surface area contributed by atoms with Crippen LogP contribution in [0.5, 0.6) is 0 Å². The number of hydrogen-bond donors (Lipinski definition) is 0. The van der Waals surface area contributed by atoms with Gasteiger partial charge in [0.25, 0.3) is 0 Å². The number of benzene rings is 1. The molecule has 0 aliphatic heterocycles. The van der Waals surface area contributed by atoms with Crippen molar-refractivity contribution in [1.82, 2.24) is 0 Å². The van der Waals surface area contributed by atoms with Gasteiger partial charge in [-0.3, -0.25) is 0 Å². The third kappa shape index (κ3) is 10.9. The second-order valence-corrected chi connectivity index (χ2v) is 7.29. The first-order valence-corrected chi connectivity index (χ1v) is 10.4. The largest absolute Gasteiger partial charge is 0.461 e. The molecule has 0 atom stereocenters. The van der Waals surface area contributed by atoms with Gasteiger partial charge in [-0.15, -0.1) is 0 Å². The number of rotatable bonds is 12. The Kier molecular flexibility index (Phi) is 11.6. The fourth-order valence-corrected chi connectivity index (χ4v) is 2.80. The standard InChI is InChI=1S/C23H27F7O3/c1-3-33-21(31)20(24)16(2)10-8-6-4-5-7-9-11-32-15-17-12-18(22(25,26)27)14-19(13-17)23(28,29)30/h8,10,12-14H,3-7,9,11,15H2,1-2H3/b10-8+,20-16-. The van der Waals surface area contributed by atoms with Gasteiger partial charge in [-0.2, -0.15) is 30.7 Å². The first kappa shape index (κ1) is 28.7. The fraction of sp³-hybridized carbons (Fsp3) is 0.522. The summed E-state index contributed by atoms with van der Waals surface area (Å²) >= 11 is 0. The second-order valence-electron chi connectivity index (χ2n) is 7.29. The van der Waals surface area contributed by atoms with Gasteiger partial charge in [-0.25, -0.2) is 4.79 Å². The van der Waals surface area contributed by atoms with Crippen LogP contribution >= 0.6 is 0 Å². The van der Waals surface area contributed by atoms with Gasteiger partial charge in [0, 0.05) is 6.61 Å². The van der Waals surface area contributed by atoms with Crippen LogP contribution in [0.3, 0.4) is 0 Å². The summed E-state index contributed by atoms with van der Waals surface area (Å²) in [7, 11) is 0. The van der Waals surface area contributed by atoms with Crippen LogP contribution < -0.4 is 0 Å². The highest BCUT2D eigenvalue weighted by Crippen LogP contribution is 2.36. The van der Waals surface area contributed by atoms with Gasteiger partial charge in [0.1, 0.15) is 0 Å². The first-order chi connectivity index (χ1) is 15.4. The SMILES string of the molecule is CCOC(=O)/C(F)=C(C)/C=C/CCCCCCOCc1cc(C(F)(F)F)cc(C(F)(F)F)c1. The van der Waals surface area contributed by atoms with Gasteiger partial charge in [0.15, 0.2) is 0 Å². The Morgan fingerprint density at radius 2 is 1.52 bits per heavy atom. The molecule has 0 unspecified atom stereocenters. The van der Waals surface area contributed by atoms with Gasteiger partial charge in [-0.1, -0.05) is 25.0 Å². The van der Waals surface area contributed by atoms with E-state index in [0.717, 1.165) is 19.3 Å². The van der Waals surface area contributed by atoms with Crippen molar-refractivity contribution in [3.63, 3.8) is 0 Å². The lowest BCUT2D eigenvalue weighted by molar-refractivity contribution is -0.143. The minimum absolute atomic E-state index is 0.0838. The monoisotopic (exact) mass is 484 g/mol. The number of unbranched alkanes of at least 4 members (excludes halogenated alkanes) is 4. The summed E-state index contributed by atoms with van der Waals surface area (Å²) in [6.45, 7) is 2.97. The van der Waals surface area contributed by atoms with Crippen molar-refractivity contribution >= 4 is 5.97 Å². The normalized spacial score (nSPS) is 13.4. The average Bonchev–Trinajstić information content (AvgIpc) is 2.73. The quantitative estimate of drug-likeness (QED) is 0.101. The van der Waals surface area contributed by atoms with Crippen LogP contribution in [0.4, 0.5) is 30.7 Å². The highest BCUT2D eigenvalue weighted by Gasteiger charge is 2.36. The number of esters is 1. The van der Waals surface area contributed by atoms with E-state index in [0.29, 0.717) is 25.0 Å². The number of carbonyl (C=O) groups excluding carboxylic acids is 1. The molecule has 186 valence electrons. The second kappa shape index (κ2) is 13.4. The molecule has 0 aliphatic carbocycles. The highest BCUT2D eigenvalue weighted by atomic mass is 19.4. The van der Waals surface area contributed by atoms with E-state index >= 15 is 0 Å². The minimum Gasteiger partial charge on any atom is -0.461 e. The van der Waals surface area contributed by atoms with Crippen LogP contribution in [0.15, 0.2) is 41.8 Å². The third-order valence-corrected chi connectivity index (χ3v) is 4.49. The minimum atomic E-state index is -4.89. The van der Waals surface area contributed by atoms with Crippen LogP contribution in [-0.4, -0.2) is 19.2 Å². The maximum Gasteiger partial charge on any atom is 0.416 e. The summed E-state index contributed by atoms with van der Waals surface area (Å²) in [5, 5.41) is 0. The molecule has 0 aromatic heterocycles. The van der Waals surface area contributed by atoms with Crippen LogP contribution in [0.2, 0.25) is 0 Å². The van der Waals surface area contributed by atoms with Crippen molar-refractivity contribution in [2.75, 3.05) is 13.2 Å². The molecule has 1 rings (SSSR count). The van der Waals surface area contributed by atoms with E-state index in [1.807, 2.05) is 0 Å². The number of ether oxygens (including phenoxy) is 2. The Morgan fingerprint density at radius 1 is 0.939 bits per heavy atom. The van der Waals surface area contributed by atoms with Crippen LogP contribution in [0.1, 0.15) is 62.6 Å². The smallest absolute Gasteiger partial charge is 0.416 e. The number of allylic oxidation sites excluding steroid dienone is 3. The van der Waals surface area contributed by atoms with Crippen LogP contribution in [0, 0.1) is 0 Å². The van der Waals surface area contributed by atoms with Crippen molar-refractivity contribution in [2.24, 2.45) is 0 Å². The summed E-state index contributed by atoms with van der Waals surface area (Å²) in [4.78, 5) is 11.3. The molecule has 0 saturated carbocycles. The summed E-state index contributed by atoms with van der Waals surface area (Å²) < 4.78 is 101. The predicted molar refractivity (Wildman–Crippen MR) is 109 cm³/mol. The fourth-order valence-electron chi connectivity index (χ4n) is 2.80. The van der Waals surface area contributed by atoms with Crippen molar-refractivity contribution in [3.05, 3.63) is 58.4 Å². The molecule has 33 heavy (non-hydrogen) atoms. The molecule has 1 aromatic carbocycles. The maximum atomic E-state index is 13.6. The molecule has 3 nitrogen and oxygen atoms in total. The van der Waals surface area contributed by atoms with Gasteiger partial charge in [0.2, 0.25) is 5.83 Å². The van der Waals surface area contributed by atoms with E-state index in [4.69, 9.17) is 4.74 Å². The Balaban J connectivity index is 2.36. The van der Waals surface area contributed by atoms with Gasteiger partial charge in [-0.05, 0) is 62.4 Å². The Labute approximate surface area is 188 Å². The lowest BCUT2D eigenvalue weighted by Gasteiger charge is -2.14. The lowest BCUT2D eigenvalue weighted by Crippen LogP contribution is -2.12. The van der Waals surface area contributed by atoms with Gasteiger partial charge < -0.3 is 9.47 Å². The van der Waals surface area contributed by atoms with E-state index < -0.39 is 35.3 Å². The van der Waals surface area contributed by atoms with Crippen molar-refractivity contribution in [1.29, 1.82) is 0 Å². The molecule has 10 heteroatoms. The Hall–Kier alpha value is -2.36. The molecule has 0 N–H and O–H groups in total. The summed E-state index contributed by atoms with van der Waals surface area (Å²) in [6.07, 6.45) is -2.96. The summed E-state index contributed by atoms with van der Waals surface area (Å²) in [5.41, 5.74) is -2.75. The predicted octanol–water partition coefficient (Wildman–Crippen LogP) is 7.55. The van der Waals surface area contributed by atoms with Crippen molar-refractivity contribution < 1.29 is 45.0 Å². The zero-order chi connectivity index (χ0) is 25.1. The average molecular weight is 484 g/mol. The molecule has 0 saturated heterocycles. The van der Waals surface area contributed by atoms with Crippen LogP contribution in [0.25, 0.3) is 0 Å². The number of hydrogen-bond acceptors (Lipinski definition) is 3. The number of halogens is 7. The molecular weight excluding hydrogens is 457 g/mol. The molecule has 0 bridgehead atoms. The van der Waals surface area contributed by atoms with E-state index in [1.54, 1.807) is 13.0 Å². The molecular formula is C23H27F7O3. The Bertz CT molecular complexity index is 792. The van der Waals surface area contributed by atoms with E-state index in [-0.39, 0.29) is 37.0 Å². The Morgan fingerprint density at radius 3 is 2.06 bits per heavy atom. The topological polar surface area (TPSA) is 35.5 Å². The molecule has 0 radical (unpaired) electrons.